The maximum Gasteiger partial charge on any atom is 0.224 e. The second-order valence-electron chi connectivity index (χ2n) is 6.21. The summed E-state index contributed by atoms with van der Waals surface area (Å²) in [6.07, 6.45) is 2.69. The molecular formula is C22H33IN4O3. The molecule has 0 fully saturated rings. The van der Waals surface area contributed by atoms with Crippen LogP contribution in [0.15, 0.2) is 47.6 Å². The van der Waals surface area contributed by atoms with Gasteiger partial charge in [0.15, 0.2) is 5.96 Å². The third-order valence-corrected chi connectivity index (χ3v) is 3.86. The van der Waals surface area contributed by atoms with E-state index in [0.29, 0.717) is 44.5 Å². The van der Waals surface area contributed by atoms with Crippen molar-refractivity contribution in [3.8, 4) is 17.4 Å². The predicted octanol–water partition coefficient (Wildman–Crippen LogP) is 4.37. The molecule has 0 atom stereocenters. The lowest BCUT2D eigenvalue weighted by molar-refractivity contribution is 0.152. The molecule has 0 radical (unpaired) electrons. The second-order valence-corrected chi connectivity index (χ2v) is 6.21. The van der Waals surface area contributed by atoms with Crippen molar-refractivity contribution in [2.24, 2.45) is 4.99 Å². The molecule has 0 bridgehead atoms. The highest BCUT2D eigenvalue weighted by Gasteiger charge is 2.07. The molecule has 166 valence electrons. The highest BCUT2D eigenvalue weighted by molar-refractivity contribution is 14.0. The highest BCUT2D eigenvalue weighted by Crippen LogP contribution is 2.25. The van der Waals surface area contributed by atoms with Crippen LogP contribution in [-0.4, -0.2) is 43.9 Å². The van der Waals surface area contributed by atoms with Crippen LogP contribution < -0.4 is 20.1 Å². The highest BCUT2D eigenvalue weighted by atomic mass is 127. The summed E-state index contributed by atoms with van der Waals surface area (Å²) < 4.78 is 16.9. The normalized spacial score (nSPS) is 10.8. The van der Waals surface area contributed by atoms with Crippen LogP contribution in [0.25, 0.3) is 0 Å². The van der Waals surface area contributed by atoms with Crippen LogP contribution in [-0.2, 0) is 11.3 Å². The van der Waals surface area contributed by atoms with Crippen LogP contribution in [0.5, 0.6) is 17.4 Å². The first-order chi connectivity index (χ1) is 14.3. The Labute approximate surface area is 196 Å². The maximum atomic E-state index is 5.98. The summed E-state index contributed by atoms with van der Waals surface area (Å²) in [6, 6.07) is 11.4. The monoisotopic (exact) mass is 528 g/mol. The summed E-state index contributed by atoms with van der Waals surface area (Å²) in [5, 5.41) is 6.49. The summed E-state index contributed by atoms with van der Waals surface area (Å²) in [4.78, 5) is 9.00. The van der Waals surface area contributed by atoms with E-state index in [1.165, 1.54) is 0 Å². The van der Waals surface area contributed by atoms with Crippen molar-refractivity contribution < 1.29 is 14.2 Å². The third kappa shape index (κ3) is 9.62. The molecule has 1 aromatic carbocycles. The van der Waals surface area contributed by atoms with Gasteiger partial charge in [0.05, 0.1) is 19.8 Å². The smallest absolute Gasteiger partial charge is 0.224 e. The number of ether oxygens (including phenoxy) is 3. The van der Waals surface area contributed by atoms with Crippen molar-refractivity contribution in [2.45, 2.75) is 33.7 Å². The van der Waals surface area contributed by atoms with Gasteiger partial charge in [-0.15, -0.1) is 24.0 Å². The number of halogens is 1. The van der Waals surface area contributed by atoms with Crippen LogP contribution in [0, 0.1) is 0 Å². The molecule has 2 N–H and O–H groups in total. The van der Waals surface area contributed by atoms with Crippen molar-refractivity contribution in [3.63, 3.8) is 0 Å². The fourth-order valence-electron chi connectivity index (χ4n) is 2.46. The zero-order valence-electron chi connectivity index (χ0n) is 18.0. The number of guanidine groups is 1. The summed E-state index contributed by atoms with van der Waals surface area (Å²) in [5.74, 6) is 2.82. The topological polar surface area (TPSA) is 77.0 Å². The minimum Gasteiger partial charge on any atom is -0.494 e. The zero-order valence-corrected chi connectivity index (χ0v) is 20.3. The first-order valence-electron chi connectivity index (χ1n) is 10.2. The molecule has 1 aromatic heterocycles. The van der Waals surface area contributed by atoms with Crippen molar-refractivity contribution >= 4 is 29.9 Å². The van der Waals surface area contributed by atoms with Gasteiger partial charge in [-0.25, -0.2) is 9.98 Å². The number of rotatable bonds is 12. The lowest BCUT2D eigenvalue weighted by Crippen LogP contribution is -2.39. The van der Waals surface area contributed by atoms with Gasteiger partial charge in [-0.1, -0.05) is 13.0 Å². The van der Waals surface area contributed by atoms with Crippen LogP contribution in [0.3, 0.4) is 0 Å². The molecule has 0 saturated carbocycles. The van der Waals surface area contributed by atoms with Gasteiger partial charge in [0.25, 0.3) is 0 Å². The quantitative estimate of drug-likeness (QED) is 0.185. The lowest BCUT2D eigenvalue weighted by Gasteiger charge is -2.12. The molecule has 0 aliphatic carbocycles. The maximum absolute atomic E-state index is 5.98. The van der Waals surface area contributed by atoms with Crippen molar-refractivity contribution in [2.75, 3.05) is 32.9 Å². The van der Waals surface area contributed by atoms with E-state index in [0.717, 1.165) is 30.2 Å². The third-order valence-electron chi connectivity index (χ3n) is 3.86. The van der Waals surface area contributed by atoms with E-state index in [1.54, 1.807) is 6.20 Å². The molecule has 2 aromatic rings. The lowest BCUT2D eigenvalue weighted by atomic mass is 10.2. The van der Waals surface area contributed by atoms with Crippen molar-refractivity contribution in [1.29, 1.82) is 0 Å². The van der Waals surface area contributed by atoms with E-state index in [2.05, 4.69) is 27.5 Å². The SMILES string of the molecule is CCCOc1ccc(Oc2ncccc2CN=C(NCC)NCCOCC)cc1.I. The average molecular weight is 528 g/mol. The van der Waals surface area contributed by atoms with E-state index in [1.807, 2.05) is 50.2 Å². The van der Waals surface area contributed by atoms with Gasteiger partial charge in [0, 0.05) is 31.5 Å². The van der Waals surface area contributed by atoms with Gasteiger partial charge >= 0.3 is 0 Å². The summed E-state index contributed by atoms with van der Waals surface area (Å²) in [7, 11) is 0. The molecule has 30 heavy (non-hydrogen) atoms. The Kier molecular flexibility index (Phi) is 13.6. The van der Waals surface area contributed by atoms with Crippen LogP contribution >= 0.6 is 24.0 Å². The van der Waals surface area contributed by atoms with Gasteiger partial charge in [0.1, 0.15) is 11.5 Å². The van der Waals surface area contributed by atoms with E-state index in [4.69, 9.17) is 14.2 Å². The molecule has 8 heteroatoms. The van der Waals surface area contributed by atoms with E-state index in [9.17, 15) is 0 Å². The molecule has 0 saturated heterocycles. The minimum atomic E-state index is 0. The number of aromatic nitrogens is 1. The van der Waals surface area contributed by atoms with Crippen LogP contribution in [0.4, 0.5) is 0 Å². The van der Waals surface area contributed by atoms with E-state index in [-0.39, 0.29) is 24.0 Å². The Morgan fingerprint density at radius 1 is 1.00 bits per heavy atom. The molecule has 0 amide bonds. The Balaban J connectivity index is 0.00000450. The summed E-state index contributed by atoms with van der Waals surface area (Å²) in [5.41, 5.74) is 0.904. The molecule has 0 aliphatic rings. The Bertz CT molecular complexity index is 741. The standard InChI is InChI=1S/C22H32N4O3.HI/c1-4-15-28-19-9-11-20(12-10-19)29-21-18(8-7-13-24-21)17-26-22(23-5-2)25-14-16-27-6-3;/h7-13H,4-6,14-17H2,1-3H3,(H2,23,25,26);1H. The molecule has 2 rings (SSSR count). The Morgan fingerprint density at radius 2 is 1.77 bits per heavy atom. The van der Waals surface area contributed by atoms with Gasteiger partial charge in [-0.2, -0.15) is 0 Å². The molecule has 0 unspecified atom stereocenters. The second kappa shape index (κ2) is 15.7. The molecule has 7 nitrogen and oxygen atoms in total. The van der Waals surface area contributed by atoms with Gasteiger partial charge in [-0.05, 0) is 50.6 Å². The molecule has 0 spiro atoms. The van der Waals surface area contributed by atoms with Gasteiger partial charge < -0.3 is 24.8 Å². The fraction of sp³-hybridized carbons (Fsp3) is 0.455. The van der Waals surface area contributed by atoms with Crippen LogP contribution in [0.1, 0.15) is 32.8 Å². The number of nitrogens with one attached hydrogen (secondary N) is 2. The Hall–Kier alpha value is -2.07. The summed E-state index contributed by atoms with van der Waals surface area (Å²) in [6.45, 7) is 10.1. The summed E-state index contributed by atoms with van der Waals surface area (Å²) >= 11 is 0. The first-order valence-corrected chi connectivity index (χ1v) is 10.2. The number of hydrogen-bond acceptors (Lipinski definition) is 5. The van der Waals surface area contributed by atoms with Crippen molar-refractivity contribution in [3.05, 3.63) is 48.2 Å². The fourth-order valence-corrected chi connectivity index (χ4v) is 2.46. The number of pyridine rings is 1. The molecule has 1 heterocycles. The largest absolute Gasteiger partial charge is 0.494 e. The average Bonchev–Trinajstić information content (AvgIpc) is 2.75. The van der Waals surface area contributed by atoms with Crippen LogP contribution in [0.2, 0.25) is 0 Å². The van der Waals surface area contributed by atoms with E-state index < -0.39 is 0 Å². The van der Waals surface area contributed by atoms with E-state index >= 15 is 0 Å². The molecule has 0 aliphatic heterocycles. The number of nitrogens with zero attached hydrogens (tertiary/aromatic N) is 2. The Morgan fingerprint density at radius 3 is 2.47 bits per heavy atom. The number of aliphatic imine (C=N–C) groups is 1. The van der Waals surface area contributed by atoms with Gasteiger partial charge in [-0.3, -0.25) is 0 Å². The zero-order chi connectivity index (χ0) is 20.7. The molecular weight excluding hydrogens is 495 g/mol. The minimum absolute atomic E-state index is 0. The number of hydrogen-bond donors (Lipinski definition) is 2. The van der Waals surface area contributed by atoms with Crippen molar-refractivity contribution in [1.82, 2.24) is 15.6 Å². The predicted molar refractivity (Wildman–Crippen MR) is 131 cm³/mol. The first kappa shape index (κ1) is 26.0. The van der Waals surface area contributed by atoms with Gasteiger partial charge in [0.2, 0.25) is 5.88 Å². The number of benzene rings is 1.